The summed E-state index contributed by atoms with van der Waals surface area (Å²) >= 11 is 0. The summed E-state index contributed by atoms with van der Waals surface area (Å²) in [6, 6.07) is 0. The molecule has 1 saturated carbocycles. The Kier molecular flexibility index (Phi) is 2.99. The summed E-state index contributed by atoms with van der Waals surface area (Å²) in [5, 5.41) is 20.7. The molecule has 2 nitrogen and oxygen atoms in total. The third kappa shape index (κ3) is 1.98. The average Bonchev–Trinajstić information content (AvgIpc) is 2.24. The fourth-order valence-electron chi connectivity index (χ4n) is 3.66. The molecule has 96 valence electrons. The van der Waals surface area contributed by atoms with Crippen LogP contribution in [-0.2, 0) is 0 Å². The summed E-state index contributed by atoms with van der Waals surface area (Å²) in [7, 11) is 0. The minimum Gasteiger partial charge on any atom is -0.388 e. The molecule has 2 aliphatic carbocycles. The fourth-order valence-corrected chi connectivity index (χ4v) is 3.66. The Morgan fingerprint density at radius 2 is 2.06 bits per heavy atom. The van der Waals surface area contributed by atoms with E-state index in [0.717, 1.165) is 19.3 Å². The summed E-state index contributed by atoms with van der Waals surface area (Å²) in [6.45, 7) is 10.1. The van der Waals surface area contributed by atoms with Crippen LogP contribution in [0, 0.1) is 17.3 Å². The zero-order chi connectivity index (χ0) is 12.8. The van der Waals surface area contributed by atoms with Crippen molar-refractivity contribution in [1.29, 1.82) is 0 Å². The van der Waals surface area contributed by atoms with E-state index in [2.05, 4.69) is 20.4 Å². The third-order valence-electron chi connectivity index (χ3n) is 5.04. The van der Waals surface area contributed by atoms with Crippen molar-refractivity contribution < 1.29 is 10.2 Å². The Morgan fingerprint density at radius 3 is 2.65 bits per heavy atom. The van der Waals surface area contributed by atoms with Crippen LogP contribution in [0.5, 0.6) is 0 Å². The van der Waals surface area contributed by atoms with Crippen LogP contribution >= 0.6 is 0 Å². The zero-order valence-electron chi connectivity index (χ0n) is 11.1. The first-order valence-electron chi connectivity index (χ1n) is 6.52. The van der Waals surface area contributed by atoms with Crippen molar-refractivity contribution in [2.75, 3.05) is 0 Å². The maximum absolute atomic E-state index is 10.5. The first kappa shape index (κ1) is 12.8. The number of fused-ring (bicyclic) bond motifs is 1. The van der Waals surface area contributed by atoms with E-state index in [4.69, 9.17) is 0 Å². The van der Waals surface area contributed by atoms with Gasteiger partial charge in [0, 0.05) is 5.41 Å². The minimum absolute atomic E-state index is 0.116. The number of aliphatic hydroxyl groups excluding tert-OH is 1. The Balaban J connectivity index is 2.32. The van der Waals surface area contributed by atoms with E-state index in [1.165, 1.54) is 5.57 Å². The molecule has 2 heteroatoms. The van der Waals surface area contributed by atoms with Crippen molar-refractivity contribution in [2.24, 2.45) is 17.3 Å². The van der Waals surface area contributed by atoms with E-state index in [1.807, 2.05) is 6.92 Å². The minimum atomic E-state index is -0.803. The normalized spacial score (nSPS) is 49.8. The van der Waals surface area contributed by atoms with Crippen LogP contribution in [0.1, 0.15) is 40.0 Å². The molecule has 2 rings (SSSR count). The maximum Gasteiger partial charge on any atom is 0.0835 e. The average molecular weight is 236 g/mol. The highest BCUT2D eigenvalue weighted by atomic mass is 16.3. The van der Waals surface area contributed by atoms with Gasteiger partial charge in [0.1, 0.15) is 0 Å². The lowest BCUT2D eigenvalue weighted by Crippen LogP contribution is -2.54. The van der Waals surface area contributed by atoms with Crippen molar-refractivity contribution in [3.63, 3.8) is 0 Å². The Morgan fingerprint density at radius 1 is 1.41 bits per heavy atom. The van der Waals surface area contributed by atoms with Gasteiger partial charge in [-0.2, -0.15) is 0 Å². The van der Waals surface area contributed by atoms with E-state index in [9.17, 15) is 10.2 Å². The summed E-state index contributed by atoms with van der Waals surface area (Å²) in [6.07, 6.45) is 6.06. The SMILES string of the molecule is C=C(C)[C@H]1CC[C@]2(C)[C@@H](O)C=C[C@](C)(O)[C@H]2C1. The van der Waals surface area contributed by atoms with Gasteiger partial charge in [-0.25, -0.2) is 0 Å². The largest absolute Gasteiger partial charge is 0.388 e. The molecule has 0 aromatic rings. The van der Waals surface area contributed by atoms with Gasteiger partial charge in [-0.15, -0.1) is 0 Å². The van der Waals surface area contributed by atoms with Gasteiger partial charge in [-0.05, 0) is 44.9 Å². The van der Waals surface area contributed by atoms with E-state index < -0.39 is 11.7 Å². The molecule has 17 heavy (non-hydrogen) atoms. The summed E-state index contributed by atoms with van der Waals surface area (Å²) in [4.78, 5) is 0. The standard InChI is InChI=1S/C15H24O2/c1-10(2)11-5-7-14(3)12(9-11)15(4,17)8-6-13(14)16/h6,8,11-13,16-17H,1,5,7,9H2,2-4H3/t11-,12-,13-,14-,15-/m0/s1. The lowest BCUT2D eigenvalue weighted by Gasteiger charge is -2.53. The van der Waals surface area contributed by atoms with Gasteiger partial charge in [0.15, 0.2) is 0 Å². The molecule has 0 aromatic carbocycles. The maximum atomic E-state index is 10.5. The van der Waals surface area contributed by atoms with Crippen molar-refractivity contribution in [3.8, 4) is 0 Å². The molecular weight excluding hydrogens is 212 g/mol. The molecule has 0 heterocycles. The molecule has 0 bridgehead atoms. The molecule has 1 fully saturated rings. The van der Waals surface area contributed by atoms with Gasteiger partial charge in [0.25, 0.3) is 0 Å². The topological polar surface area (TPSA) is 40.5 Å². The highest BCUT2D eigenvalue weighted by Gasteiger charge is 2.52. The van der Waals surface area contributed by atoms with Gasteiger partial charge < -0.3 is 10.2 Å². The summed E-state index contributed by atoms with van der Waals surface area (Å²) < 4.78 is 0. The van der Waals surface area contributed by atoms with Crippen molar-refractivity contribution >= 4 is 0 Å². The Bertz CT molecular complexity index is 356. The number of rotatable bonds is 1. The first-order valence-corrected chi connectivity index (χ1v) is 6.52. The zero-order valence-corrected chi connectivity index (χ0v) is 11.1. The second-order valence-corrected chi connectivity index (χ2v) is 6.41. The highest BCUT2D eigenvalue weighted by Crippen LogP contribution is 2.54. The van der Waals surface area contributed by atoms with Crippen LogP contribution in [0.2, 0.25) is 0 Å². The van der Waals surface area contributed by atoms with Gasteiger partial charge in [-0.3, -0.25) is 0 Å². The second kappa shape index (κ2) is 3.96. The number of hydrogen-bond donors (Lipinski definition) is 2. The molecule has 0 aliphatic heterocycles. The lowest BCUT2D eigenvalue weighted by molar-refractivity contribution is -0.110. The number of aliphatic hydroxyl groups is 2. The van der Waals surface area contributed by atoms with Gasteiger partial charge in [0.2, 0.25) is 0 Å². The van der Waals surface area contributed by atoms with Gasteiger partial charge >= 0.3 is 0 Å². The van der Waals surface area contributed by atoms with Crippen LogP contribution < -0.4 is 0 Å². The molecule has 2 aliphatic rings. The van der Waals surface area contributed by atoms with E-state index >= 15 is 0 Å². The molecule has 0 radical (unpaired) electrons. The van der Waals surface area contributed by atoms with Crippen LogP contribution in [0.15, 0.2) is 24.3 Å². The number of allylic oxidation sites excluding steroid dienone is 1. The van der Waals surface area contributed by atoms with Crippen molar-refractivity contribution in [3.05, 3.63) is 24.3 Å². The number of hydrogen-bond acceptors (Lipinski definition) is 2. The summed E-state index contributed by atoms with van der Waals surface area (Å²) in [5.74, 6) is 0.601. The molecule has 0 aromatic heterocycles. The van der Waals surface area contributed by atoms with E-state index in [0.29, 0.717) is 5.92 Å². The fraction of sp³-hybridized carbons (Fsp3) is 0.733. The van der Waals surface area contributed by atoms with Gasteiger partial charge in [-0.1, -0.05) is 31.2 Å². The molecule has 0 unspecified atom stereocenters. The summed E-state index contributed by atoms with van der Waals surface area (Å²) in [5.41, 5.74) is 0.207. The molecular formula is C15H24O2. The predicted molar refractivity (Wildman–Crippen MR) is 69.5 cm³/mol. The lowest BCUT2D eigenvalue weighted by atomic mass is 9.54. The smallest absolute Gasteiger partial charge is 0.0835 e. The van der Waals surface area contributed by atoms with Gasteiger partial charge in [0.05, 0.1) is 11.7 Å². The molecule has 5 atom stereocenters. The van der Waals surface area contributed by atoms with E-state index in [1.54, 1.807) is 12.2 Å². The third-order valence-corrected chi connectivity index (χ3v) is 5.04. The molecule has 0 amide bonds. The van der Waals surface area contributed by atoms with Crippen LogP contribution in [0.4, 0.5) is 0 Å². The Hall–Kier alpha value is -0.600. The molecule has 0 spiro atoms. The quantitative estimate of drug-likeness (QED) is 0.687. The van der Waals surface area contributed by atoms with E-state index in [-0.39, 0.29) is 11.3 Å². The molecule has 2 N–H and O–H groups in total. The monoisotopic (exact) mass is 236 g/mol. The van der Waals surface area contributed by atoms with Crippen molar-refractivity contribution in [2.45, 2.75) is 51.7 Å². The van der Waals surface area contributed by atoms with Crippen molar-refractivity contribution in [1.82, 2.24) is 0 Å². The van der Waals surface area contributed by atoms with Crippen LogP contribution in [0.25, 0.3) is 0 Å². The van der Waals surface area contributed by atoms with Crippen LogP contribution in [-0.4, -0.2) is 21.9 Å². The second-order valence-electron chi connectivity index (χ2n) is 6.41. The predicted octanol–water partition coefficient (Wildman–Crippen LogP) is 2.67. The highest BCUT2D eigenvalue weighted by molar-refractivity contribution is 5.20. The van der Waals surface area contributed by atoms with Crippen LogP contribution in [0.3, 0.4) is 0 Å². The first-order chi connectivity index (χ1) is 7.77. The molecule has 0 saturated heterocycles. The Labute approximate surface area is 104 Å².